The van der Waals surface area contributed by atoms with Gasteiger partial charge >= 0.3 is 51.2 Å². The van der Waals surface area contributed by atoms with Crippen LogP contribution in [-0.2, 0) is 51.2 Å². The molecule has 3 radical (unpaired) electrons. The summed E-state index contributed by atoms with van der Waals surface area (Å²) < 4.78 is 136. The van der Waals surface area contributed by atoms with E-state index in [4.69, 9.17) is 124 Å². The van der Waals surface area contributed by atoms with Crippen LogP contribution in [0.15, 0.2) is 0 Å². The van der Waals surface area contributed by atoms with Crippen molar-refractivity contribution in [3.8, 4) is 0 Å². The molecule has 0 aliphatic carbocycles. The van der Waals surface area contributed by atoms with Crippen molar-refractivity contribution >= 4 is 6.16 Å². The van der Waals surface area contributed by atoms with Crippen molar-refractivity contribution in [3.63, 3.8) is 0 Å². The van der Waals surface area contributed by atoms with Gasteiger partial charge in [-0.15, -0.1) is 41.0 Å². The van der Waals surface area contributed by atoms with E-state index in [0.717, 1.165) is 117 Å². The van der Waals surface area contributed by atoms with E-state index in [1.54, 1.807) is 0 Å². The van der Waals surface area contributed by atoms with Gasteiger partial charge in [-0.3, -0.25) is 0 Å². The van der Waals surface area contributed by atoms with Gasteiger partial charge in [0.1, 0.15) is 0 Å². The van der Waals surface area contributed by atoms with Gasteiger partial charge < -0.3 is 76.3 Å². The molecule has 0 fully saturated rings. The number of halogens is 4. The molecule has 0 aromatic rings. The topological polar surface area (TPSA) is 687 Å². The average Bonchev–Trinajstić information content (AvgIpc) is 2.90. The van der Waals surface area contributed by atoms with E-state index in [-0.39, 0.29) is 62.2 Å². The second-order valence-corrected chi connectivity index (χ2v) is 10.9. The molecule has 0 aliphatic rings. The molecule has 56 heavy (non-hydrogen) atoms. The van der Waals surface area contributed by atoms with Crippen LogP contribution in [0.4, 0.5) is 4.79 Å². The Labute approximate surface area is 364 Å². The van der Waals surface area contributed by atoms with Gasteiger partial charge in [0, 0.05) is 0 Å². The number of hydrogen-bond acceptors (Lipinski definition) is 28. The molecular formula is C19H55Cl4Cu3N9O21. The van der Waals surface area contributed by atoms with Gasteiger partial charge in [0.15, 0.2) is 0 Å². The van der Waals surface area contributed by atoms with Crippen molar-refractivity contribution in [2.24, 2.45) is 34.4 Å². The van der Waals surface area contributed by atoms with Crippen LogP contribution in [0.1, 0.15) is 38.5 Å². The first-order valence-corrected chi connectivity index (χ1v) is 18.6. The Hall–Kier alpha value is 0.908. The number of carboxylic acid groups (broad SMARTS) is 2. The summed E-state index contributed by atoms with van der Waals surface area (Å²) in [7, 11) is -19.8. The largest absolute Gasteiger partial charge is 2.00 e. The van der Waals surface area contributed by atoms with Gasteiger partial charge in [-0.05, 0) is 123 Å². The Morgan fingerprint density at radius 3 is 0.464 bits per heavy atom. The summed E-state index contributed by atoms with van der Waals surface area (Å²) in [4.78, 5) is 8.33. The molecule has 363 valence electrons. The first-order valence-electron chi connectivity index (χ1n) is 13.7. The molecule has 0 amide bonds. The molecule has 19 N–H and O–H groups in total. The quantitative estimate of drug-likeness (QED) is 0.0455. The first kappa shape index (κ1) is 92.3. The third-order valence-corrected chi connectivity index (χ3v) is 3.35. The van der Waals surface area contributed by atoms with E-state index in [9.17, 15) is 0 Å². The number of rotatable bonds is 18. The predicted molar refractivity (Wildman–Crippen MR) is 133 cm³/mol. The second kappa shape index (κ2) is 70.5. The normalized spacial score (nSPS) is 9.54. The number of nitrogens with two attached hydrogens (primary N) is 6. The molecule has 0 heterocycles. The predicted octanol–water partition coefficient (Wildman–Crippen LogP) is -25.3. The molecule has 0 atom stereocenters. The monoisotopic (exact) mass is 1070 g/mol. The summed E-state index contributed by atoms with van der Waals surface area (Å²) in [6, 6.07) is 0. The zero-order valence-corrected chi connectivity index (χ0v) is 35.2. The maximum absolute atomic E-state index is 8.49. The van der Waals surface area contributed by atoms with Gasteiger partial charge in [-0.2, -0.15) is 0 Å². The molecule has 30 nitrogen and oxygen atoms in total. The number of carbonyl (C=O) groups excluding carboxylic acids is 1. The standard InChI is InChI=1S/3C6H17N3.CH2O3.4ClHO4.3Cu.2H2O/c3*7-3-1-5-9-6-2-4-8;2-1(3)4;4*2-1(3,4)5;;;;;/h3*9H,1-8H2;(H2,2,3,4);4*(H,2,3,4,5);;;;2*1H2/q;;;;;;;;3*+2;;/p-6. The van der Waals surface area contributed by atoms with E-state index < -0.39 is 47.1 Å². The van der Waals surface area contributed by atoms with Crippen molar-refractivity contribution in [1.82, 2.24) is 16.0 Å². The van der Waals surface area contributed by atoms with Gasteiger partial charge in [0.05, 0.1) is 0 Å². The summed E-state index contributed by atoms with van der Waals surface area (Å²) in [6.07, 6.45) is 4.03. The molecular weight excluding hydrogens is 1020 g/mol. The summed E-state index contributed by atoms with van der Waals surface area (Å²) in [5.41, 5.74) is 31.7. The minimum atomic E-state index is -4.94. The van der Waals surface area contributed by atoms with Crippen LogP contribution >= 0.6 is 0 Å². The Morgan fingerprint density at radius 2 is 0.411 bits per heavy atom. The van der Waals surface area contributed by atoms with Crippen molar-refractivity contribution in [1.29, 1.82) is 0 Å². The van der Waals surface area contributed by atoms with Crippen molar-refractivity contribution in [2.45, 2.75) is 38.5 Å². The smallest absolute Gasteiger partial charge is 0.652 e. The zero-order valence-electron chi connectivity index (χ0n) is 29.4. The second-order valence-electron chi connectivity index (χ2n) is 7.87. The van der Waals surface area contributed by atoms with E-state index >= 15 is 0 Å². The molecule has 0 rings (SSSR count). The third kappa shape index (κ3) is 446. The van der Waals surface area contributed by atoms with Crippen LogP contribution in [0.2, 0.25) is 0 Å². The third-order valence-electron chi connectivity index (χ3n) is 3.35. The Bertz CT molecular complexity index is 520. The molecule has 0 aromatic carbocycles. The maximum atomic E-state index is 8.49. The van der Waals surface area contributed by atoms with Crippen LogP contribution in [0.5, 0.6) is 0 Å². The summed E-state index contributed by atoms with van der Waals surface area (Å²) in [6.45, 7) is 10.8. The molecule has 0 spiro atoms. The zero-order chi connectivity index (χ0) is 42.4. The van der Waals surface area contributed by atoms with Crippen LogP contribution in [0.25, 0.3) is 0 Å². The van der Waals surface area contributed by atoms with Gasteiger partial charge in [-0.1, -0.05) is 0 Å². The fourth-order valence-corrected chi connectivity index (χ4v) is 1.74. The maximum Gasteiger partial charge on any atom is 2.00 e. The molecule has 0 saturated carbocycles. The van der Waals surface area contributed by atoms with Crippen molar-refractivity contribution in [3.05, 3.63) is 0 Å². The van der Waals surface area contributed by atoms with Crippen LogP contribution in [0, 0.1) is 41.0 Å². The average molecular weight is 1080 g/mol. The molecule has 0 unspecified atom stereocenters. The minimum absolute atomic E-state index is 0. The van der Waals surface area contributed by atoms with Crippen LogP contribution in [-0.4, -0.2) is 95.6 Å². The molecule has 37 heteroatoms. The summed E-state index contributed by atoms with van der Waals surface area (Å²) in [5, 5.41) is 26.3. The summed E-state index contributed by atoms with van der Waals surface area (Å²) >= 11 is 0. The number of nitrogens with one attached hydrogen (secondary N) is 3. The van der Waals surface area contributed by atoms with Crippen LogP contribution < -0.4 is 135 Å². The van der Waals surface area contributed by atoms with E-state index in [0.29, 0.717) is 0 Å². The van der Waals surface area contributed by atoms with E-state index in [1.807, 2.05) is 0 Å². The van der Waals surface area contributed by atoms with Gasteiger partial charge in [0.2, 0.25) is 0 Å². The van der Waals surface area contributed by atoms with Crippen molar-refractivity contribution < 1.29 is 193 Å². The fourth-order valence-electron chi connectivity index (χ4n) is 1.74. The summed E-state index contributed by atoms with van der Waals surface area (Å²) in [5.74, 6) is 0. The SMILES string of the molecule is NCCCNCCCN.NCCCNCCCN.NCCCNCCCN.O.O.O=C([O-])[O-].[Cu+2].[Cu+2].[Cu+2].[O-][Cl+3]([O-])([O-])[O-].[O-][Cl+3]([O-])([O-])[O-].[O-][Cl+3]([O-])([O-])[O-].[O-][Cl+3]([O-])([O-])[O-]. The van der Waals surface area contributed by atoms with E-state index in [1.165, 1.54) is 0 Å². The first-order chi connectivity index (χ1) is 23.0. The Balaban J connectivity index is -0.0000000345. The van der Waals surface area contributed by atoms with Crippen LogP contribution in [0.3, 0.4) is 0 Å². The molecule has 0 aliphatic heterocycles. The van der Waals surface area contributed by atoms with Gasteiger partial charge in [0.25, 0.3) is 0 Å². The molecule has 0 saturated heterocycles. The molecule has 0 aromatic heterocycles. The number of hydrogen-bond donors (Lipinski definition) is 9. The van der Waals surface area contributed by atoms with E-state index in [2.05, 4.69) is 16.0 Å². The van der Waals surface area contributed by atoms with Gasteiger partial charge in [-0.25, -0.2) is 74.5 Å². The Kier molecular flexibility index (Phi) is 116. The van der Waals surface area contributed by atoms with Crippen molar-refractivity contribution in [2.75, 3.05) is 78.5 Å². The minimum Gasteiger partial charge on any atom is -0.652 e. The Morgan fingerprint density at radius 1 is 0.339 bits per heavy atom. The fraction of sp³-hybridized carbons (Fsp3) is 0.947. The molecule has 0 bridgehead atoms. The number of carbonyl (C=O) groups is 1.